The van der Waals surface area contributed by atoms with Crippen molar-refractivity contribution in [1.82, 2.24) is 5.32 Å². The molecule has 0 heterocycles. The molecule has 0 unspecified atom stereocenters. The van der Waals surface area contributed by atoms with Gasteiger partial charge in [0, 0.05) is 5.69 Å². The largest absolute Gasteiger partial charge is 0.508 e. The zero-order chi connectivity index (χ0) is 14.4. The van der Waals surface area contributed by atoms with E-state index in [1.54, 1.807) is 12.1 Å². The average Bonchev–Trinajstić information content (AvgIpc) is 2.42. The van der Waals surface area contributed by atoms with E-state index in [0.29, 0.717) is 5.69 Å². The summed E-state index contributed by atoms with van der Waals surface area (Å²) in [5.74, 6) is 0.00191. The van der Waals surface area contributed by atoms with Crippen LogP contribution in [0.1, 0.15) is 5.56 Å². The Morgan fingerprint density at radius 2 is 1.70 bits per heavy atom. The Hall–Kier alpha value is -2.40. The number of carbonyl (C=O) groups is 1. The first-order valence-electron chi connectivity index (χ1n) is 6.07. The van der Waals surface area contributed by atoms with Crippen LogP contribution in [0.5, 0.6) is 5.75 Å². The van der Waals surface area contributed by atoms with Gasteiger partial charge in [0.25, 0.3) is 0 Å². The molecule has 0 aliphatic carbocycles. The van der Waals surface area contributed by atoms with E-state index in [1.807, 2.05) is 30.3 Å². The summed E-state index contributed by atoms with van der Waals surface area (Å²) in [7, 11) is 0. The number of benzene rings is 2. The third-order valence-electron chi connectivity index (χ3n) is 2.59. The SMILES string of the molecule is O=C(Cc1ccccc1)NC(=S)Nc1ccc(O)cc1. The van der Waals surface area contributed by atoms with Crippen LogP contribution in [0.3, 0.4) is 0 Å². The minimum Gasteiger partial charge on any atom is -0.508 e. The summed E-state index contributed by atoms with van der Waals surface area (Å²) in [6, 6.07) is 15.9. The Kier molecular flexibility index (Phi) is 4.68. The average molecular weight is 286 g/mol. The number of phenols is 1. The monoisotopic (exact) mass is 286 g/mol. The van der Waals surface area contributed by atoms with Gasteiger partial charge in [0.15, 0.2) is 5.11 Å². The van der Waals surface area contributed by atoms with Gasteiger partial charge in [-0.2, -0.15) is 0 Å². The number of hydrogen-bond acceptors (Lipinski definition) is 3. The molecule has 3 N–H and O–H groups in total. The lowest BCUT2D eigenvalue weighted by Gasteiger charge is -2.09. The predicted molar refractivity (Wildman–Crippen MR) is 82.6 cm³/mol. The van der Waals surface area contributed by atoms with Crippen molar-refractivity contribution in [3.05, 3.63) is 60.2 Å². The molecule has 102 valence electrons. The van der Waals surface area contributed by atoms with E-state index in [2.05, 4.69) is 10.6 Å². The lowest BCUT2D eigenvalue weighted by Crippen LogP contribution is -2.35. The van der Waals surface area contributed by atoms with Crippen LogP contribution >= 0.6 is 12.2 Å². The molecule has 2 rings (SSSR count). The van der Waals surface area contributed by atoms with Gasteiger partial charge in [0.2, 0.25) is 5.91 Å². The summed E-state index contributed by atoms with van der Waals surface area (Å²) >= 11 is 5.06. The molecule has 4 nitrogen and oxygen atoms in total. The number of nitrogens with one attached hydrogen (secondary N) is 2. The maximum Gasteiger partial charge on any atom is 0.230 e. The second-order valence-electron chi connectivity index (χ2n) is 4.21. The van der Waals surface area contributed by atoms with Crippen LogP contribution in [0, 0.1) is 0 Å². The standard InChI is InChI=1S/C15H14N2O2S/c18-13-8-6-12(7-9-13)16-15(20)17-14(19)10-11-4-2-1-3-5-11/h1-9,18H,10H2,(H2,16,17,19,20). The number of amides is 1. The van der Waals surface area contributed by atoms with Gasteiger partial charge >= 0.3 is 0 Å². The highest BCUT2D eigenvalue weighted by atomic mass is 32.1. The molecule has 0 aliphatic rings. The van der Waals surface area contributed by atoms with Gasteiger partial charge in [0.05, 0.1) is 6.42 Å². The third-order valence-corrected chi connectivity index (χ3v) is 2.79. The van der Waals surface area contributed by atoms with Crippen LogP contribution in [0.15, 0.2) is 54.6 Å². The summed E-state index contributed by atoms with van der Waals surface area (Å²) in [5, 5.41) is 14.9. The highest BCUT2D eigenvalue weighted by molar-refractivity contribution is 7.80. The van der Waals surface area contributed by atoms with Gasteiger partial charge in [-0.3, -0.25) is 4.79 Å². The third kappa shape index (κ3) is 4.37. The minimum absolute atomic E-state index is 0.174. The van der Waals surface area contributed by atoms with Crippen molar-refractivity contribution < 1.29 is 9.90 Å². The van der Waals surface area contributed by atoms with Gasteiger partial charge in [-0.15, -0.1) is 0 Å². The zero-order valence-corrected chi connectivity index (χ0v) is 11.5. The number of carbonyl (C=O) groups excluding carboxylic acids is 1. The first kappa shape index (κ1) is 14.0. The molecule has 0 saturated heterocycles. The number of thiocarbonyl (C=S) groups is 1. The van der Waals surface area contributed by atoms with E-state index in [0.717, 1.165) is 5.56 Å². The molecule has 2 aromatic rings. The molecule has 0 radical (unpaired) electrons. The van der Waals surface area contributed by atoms with Crippen molar-refractivity contribution in [3.8, 4) is 5.75 Å². The van der Waals surface area contributed by atoms with Crippen LogP contribution in [0.25, 0.3) is 0 Å². The molecule has 0 bridgehead atoms. The lowest BCUT2D eigenvalue weighted by atomic mass is 10.1. The van der Waals surface area contributed by atoms with E-state index in [1.165, 1.54) is 12.1 Å². The number of rotatable bonds is 3. The van der Waals surface area contributed by atoms with Crippen LogP contribution in [0.4, 0.5) is 5.69 Å². The molecule has 0 spiro atoms. The minimum atomic E-state index is -0.174. The van der Waals surface area contributed by atoms with Gasteiger partial charge in [-0.25, -0.2) is 0 Å². The summed E-state index contributed by atoms with van der Waals surface area (Å²) in [6.07, 6.45) is 0.276. The zero-order valence-electron chi connectivity index (χ0n) is 10.7. The molecule has 0 fully saturated rings. The van der Waals surface area contributed by atoms with Crippen molar-refractivity contribution in [2.75, 3.05) is 5.32 Å². The van der Waals surface area contributed by atoms with E-state index in [9.17, 15) is 4.79 Å². The highest BCUT2D eigenvalue weighted by Crippen LogP contribution is 2.13. The molecule has 1 amide bonds. The fourth-order valence-electron chi connectivity index (χ4n) is 1.66. The second kappa shape index (κ2) is 6.68. The summed E-state index contributed by atoms with van der Waals surface area (Å²) in [5.41, 5.74) is 1.63. The molecule has 5 heteroatoms. The van der Waals surface area contributed by atoms with Crippen molar-refractivity contribution in [3.63, 3.8) is 0 Å². The first-order valence-corrected chi connectivity index (χ1v) is 6.48. The van der Waals surface area contributed by atoms with Crippen molar-refractivity contribution >= 4 is 28.9 Å². The molecular formula is C15H14N2O2S. The van der Waals surface area contributed by atoms with E-state index in [4.69, 9.17) is 17.3 Å². The number of hydrogen-bond donors (Lipinski definition) is 3. The quantitative estimate of drug-likeness (QED) is 0.599. The van der Waals surface area contributed by atoms with Crippen LogP contribution in [0.2, 0.25) is 0 Å². The molecule has 0 aromatic heterocycles. The summed E-state index contributed by atoms with van der Waals surface area (Å²) in [6.45, 7) is 0. The number of phenolic OH excluding ortho intramolecular Hbond substituents is 1. The van der Waals surface area contributed by atoms with E-state index in [-0.39, 0.29) is 23.2 Å². The van der Waals surface area contributed by atoms with E-state index >= 15 is 0 Å². The second-order valence-corrected chi connectivity index (χ2v) is 4.62. The Morgan fingerprint density at radius 1 is 1.05 bits per heavy atom. The molecule has 2 aromatic carbocycles. The molecule has 0 atom stereocenters. The molecule has 20 heavy (non-hydrogen) atoms. The fourth-order valence-corrected chi connectivity index (χ4v) is 1.89. The van der Waals surface area contributed by atoms with Crippen LogP contribution in [-0.2, 0) is 11.2 Å². The maximum atomic E-state index is 11.8. The molecule has 0 aliphatic heterocycles. The van der Waals surface area contributed by atoms with Crippen LogP contribution in [-0.4, -0.2) is 16.1 Å². The van der Waals surface area contributed by atoms with Crippen LogP contribution < -0.4 is 10.6 Å². The van der Waals surface area contributed by atoms with Crippen molar-refractivity contribution in [1.29, 1.82) is 0 Å². The predicted octanol–water partition coefficient (Wildman–Crippen LogP) is 2.45. The first-order chi connectivity index (χ1) is 9.63. The normalized spacial score (nSPS) is 9.80. The fraction of sp³-hybridized carbons (Fsp3) is 0.0667. The van der Waals surface area contributed by atoms with Gasteiger partial charge in [-0.05, 0) is 42.0 Å². The Morgan fingerprint density at radius 3 is 2.35 bits per heavy atom. The smallest absolute Gasteiger partial charge is 0.230 e. The topological polar surface area (TPSA) is 61.4 Å². The highest BCUT2D eigenvalue weighted by Gasteiger charge is 2.05. The van der Waals surface area contributed by atoms with Gasteiger partial charge in [-0.1, -0.05) is 30.3 Å². The summed E-state index contributed by atoms with van der Waals surface area (Å²) in [4.78, 5) is 11.8. The van der Waals surface area contributed by atoms with Crippen molar-refractivity contribution in [2.24, 2.45) is 0 Å². The van der Waals surface area contributed by atoms with E-state index < -0.39 is 0 Å². The number of anilines is 1. The Labute approximate surface area is 122 Å². The Bertz CT molecular complexity index is 597. The maximum absolute atomic E-state index is 11.8. The lowest BCUT2D eigenvalue weighted by molar-refractivity contribution is -0.119. The van der Waals surface area contributed by atoms with Gasteiger partial charge < -0.3 is 15.7 Å². The number of aromatic hydroxyl groups is 1. The molecule has 0 saturated carbocycles. The Balaban J connectivity index is 1.85. The summed E-state index contributed by atoms with van der Waals surface area (Å²) < 4.78 is 0. The van der Waals surface area contributed by atoms with Gasteiger partial charge in [0.1, 0.15) is 5.75 Å². The molecular weight excluding hydrogens is 272 g/mol. The van der Waals surface area contributed by atoms with Crippen molar-refractivity contribution in [2.45, 2.75) is 6.42 Å².